The summed E-state index contributed by atoms with van der Waals surface area (Å²) in [7, 11) is 0. The number of fused-ring (bicyclic) bond motifs is 7. The fourth-order valence-electron chi connectivity index (χ4n) is 6.14. The van der Waals surface area contributed by atoms with Gasteiger partial charge in [0.1, 0.15) is 0 Å². The number of nitrogens with zero attached hydrogens (tertiary/aromatic N) is 1. The van der Waals surface area contributed by atoms with Gasteiger partial charge in [0.2, 0.25) is 0 Å². The maximum atomic E-state index is 2.50. The molecule has 6 aromatic rings. The Balaban J connectivity index is 1.67. The summed E-state index contributed by atoms with van der Waals surface area (Å²) in [4.78, 5) is 0. The van der Waals surface area contributed by atoms with Crippen LogP contribution in [0.15, 0.2) is 109 Å². The van der Waals surface area contributed by atoms with Crippen LogP contribution in [0.5, 0.6) is 0 Å². The van der Waals surface area contributed by atoms with Gasteiger partial charge in [0.15, 0.2) is 0 Å². The number of benzene rings is 5. The SMILES string of the molecule is Cc1cccc(-n2c3cc(-c4ccccc4)ccc3c3ccc4c(c32)-c2ccccc2C4(C)C)c1. The van der Waals surface area contributed by atoms with Crippen molar-refractivity contribution in [2.24, 2.45) is 0 Å². The van der Waals surface area contributed by atoms with Crippen LogP contribution in [0, 0.1) is 6.92 Å². The largest absolute Gasteiger partial charge is 0.309 e. The number of aromatic nitrogens is 1. The highest BCUT2D eigenvalue weighted by molar-refractivity contribution is 6.16. The van der Waals surface area contributed by atoms with E-state index in [2.05, 4.69) is 135 Å². The minimum Gasteiger partial charge on any atom is -0.309 e. The van der Waals surface area contributed by atoms with Crippen LogP contribution in [0.4, 0.5) is 0 Å². The van der Waals surface area contributed by atoms with Gasteiger partial charge in [-0.25, -0.2) is 0 Å². The molecular formula is C34H27N. The van der Waals surface area contributed by atoms with Gasteiger partial charge in [-0.3, -0.25) is 0 Å². The van der Waals surface area contributed by atoms with E-state index in [1.54, 1.807) is 0 Å². The number of rotatable bonds is 2. The van der Waals surface area contributed by atoms with E-state index in [0.29, 0.717) is 0 Å². The summed E-state index contributed by atoms with van der Waals surface area (Å²) in [6, 6.07) is 40.2. The summed E-state index contributed by atoms with van der Waals surface area (Å²) >= 11 is 0. The fraction of sp³-hybridized carbons (Fsp3) is 0.118. The first kappa shape index (κ1) is 20.3. The van der Waals surface area contributed by atoms with Crippen LogP contribution >= 0.6 is 0 Å². The van der Waals surface area contributed by atoms with Gasteiger partial charge in [-0.1, -0.05) is 105 Å². The van der Waals surface area contributed by atoms with Crippen molar-refractivity contribution in [1.82, 2.24) is 4.57 Å². The summed E-state index contributed by atoms with van der Waals surface area (Å²) in [6.45, 7) is 6.89. The first-order valence-corrected chi connectivity index (χ1v) is 12.4. The standard InChI is InChI=1S/C34H27N/c1-22-10-9-13-25(20-22)35-31-21-24(23-11-5-4-6-12-23)16-17-26(31)27-18-19-30-32(33(27)35)28-14-7-8-15-29(28)34(30,2)3/h4-21H,1-3H3. The number of hydrogen-bond acceptors (Lipinski definition) is 0. The summed E-state index contributed by atoms with van der Waals surface area (Å²) in [6.07, 6.45) is 0. The third kappa shape index (κ3) is 2.82. The molecule has 1 aromatic heterocycles. The zero-order valence-electron chi connectivity index (χ0n) is 20.3. The average molecular weight is 450 g/mol. The Morgan fingerprint density at radius 3 is 2.20 bits per heavy atom. The Kier molecular flexibility index (Phi) is 4.17. The molecule has 0 amide bonds. The third-order valence-electron chi connectivity index (χ3n) is 7.84. The predicted octanol–water partition coefficient (Wildman–Crippen LogP) is 9.07. The molecule has 0 saturated carbocycles. The highest BCUT2D eigenvalue weighted by Gasteiger charge is 2.37. The molecule has 1 heterocycles. The van der Waals surface area contributed by atoms with Gasteiger partial charge in [0.25, 0.3) is 0 Å². The van der Waals surface area contributed by atoms with E-state index in [1.165, 1.54) is 66.4 Å². The van der Waals surface area contributed by atoms with E-state index >= 15 is 0 Å². The molecule has 1 nitrogen and oxygen atoms in total. The van der Waals surface area contributed by atoms with Crippen molar-refractivity contribution in [3.8, 4) is 27.9 Å². The Bertz CT molecular complexity index is 1770. The van der Waals surface area contributed by atoms with Crippen molar-refractivity contribution >= 4 is 21.8 Å². The molecule has 1 aliphatic carbocycles. The van der Waals surface area contributed by atoms with Crippen LogP contribution in [0.25, 0.3) is 49.7 Å². The molecule has 0 atom stereocenters. The Morgan fingerprint density at radius 2 is 1.37 bits per heavy atom. The molecule has 0 radical (unpaired) electrons. The lowest BCUT2D eigenvalue weighted by molar-refractivity contribution is 0.661. The van der Waals surface area contributed by atoms with Crippen LogP contribution in [0.1, 0.15) is 30.5 Å². The molecule has 0 bridgehead atoms. The topological polar surface area (TPSA) is 4.93 Å². The Labute approximate surface area is 206 Å². The van der Waals surface area contributed by atoms with Gasteiger partial charge in [-0.05, 0) is 58.5 Å². The van der Waals surface area contributed by atoms with Crippen LogP contribution in [0.3, 0.4) is 0 Å². The normalized spacial score (nSPS) is 13.8. The fourth-order valence-corrected chi connectivity index (χ4v) is 6.14. The number of aryl methyl sites for hydroxylation is 1. The molecular weight excluding hydrogens is 422 g/mol. The molecule has 7 rings (SSSR count). The van der Waals surface area contributed by atoms with E-state index < -0.39 is 0 Å². The smallest absolute Gasteiger partial charge is 0.0622 e. The summed E-state index contributed by atoms with van der Waals surface area (Å²) < 4.78 is 2.50. The van der Waals surface area contributed by atoms with Crippen LogP contribution in [0.2, 0.25) is 0 Å². The molecule has 0 fully saturated rings. The van der Waals surface area contributed by atoms with Crippen LogP contribution in [-0.4, -0.2) is 4.57 Å². The maximum absolute atomic E-state index is 2.50. The highest BCUT2D eigenvalue weighted by Crippen LogP contribution is 2.52. The molecule has 0 saturated heterocycles. The quantitative estimate of drug-likeness (QED) is 0.248. The van der Waals surface area contributed by atoms with E-state index in [1.807, 2.05) is 0 Å². The first-order valence-electron chi connectivity index (χ1n) is 12.4. The summed E-state index contributed by atoms with van der Waals surface area (Å²) in [5, 5.41) is 2.61. The molecule has 35 heavy (non-hydrogen) atoms. The minimum absolute atomic E-state index is 0.0246. The van der Waals surface area contributed by atoms with Crippen molar-refractivity contribution < 1.29 is 0 Å². The minimum atomic E-state index is -0.0246. The van der Waals surface area contributed by atoms with Crippen molar-refractivity contribution in [3.05, 3.63) is 126 Å². The third-order valence-corrected chi connectivity index (χ3v) is 7.84. The molecule has 0 spiro atoms. The number of hydrogen-bond donors (Lipinski definition) is 0. The molecule has 0 aliphatic heterocycles. The molecule has 5 aromatic carbocycles. The maximum Gasteiger partial charge on any atom is 0.0622 e. The van der Waals surface area contributed by atoms with Crippen molar-refractivity contribution in [2.75, 3.05) is 0 Å². The second-order valence-electron chi connectivity index (χ2n) is 10.3. The zero-order chi connectivity index (χ0) is 23.7. The van der Waals surface area contributed by atoms with E-state index in [9.17, 15) is 0 Å². The predicted molar refractivity (Wildman–Crippen MR) is 149 cm³/mol. The summed E-state index contributed by atoms with van der Waals surface area (Å²) in [5.41, 5.74) is 13.1. The van der Waals surface area contributed by atoms with Crippen molar-refractivity contribution in [1.29, 1.82) is 0 Å². The van der Waals surface area contributed by atoms with Gasteiger partial charge in [-0.15, -0.1) is 0 Å². The highest BCUT2D eigenvalue weighted by atomic mass is 15.0. The lowest BCUT2D eigenvalue weighted by atomic mass is 9.82. The molecule has 1 heteroatoms. The summed E-state index contributed by atoms with van der Waals surface area (Å²) in [5.74, 6) is 0. The van der Waals surface area contributed by atoms with Crippen molar-refractivity contribution in [3.63, 3.8) is 0 Å². The second kappa shape index (κ2) is 7.20. The molecule has 1 aliphatic rings. The average Bonchev–Trinajstić information content (AvgIpc) is 3.33. The van der Waals surface area contributed by atoms with Crippen molar-refractivity contribution in [2.45, 2.75) is 26.2 Å². The second-order valence-corrected chi connectivity index (χ2v) is 10.3. The van der Waals surface area contributed by atoms with Gasteiger partial charge in [0.05, 0.1) is 11.0 Å². The van der Waals surface area contributed by atoms with Gasteiger partial charge >= 0.3 is 0 Å². The Morgan fingerprint density at radius 1 is 0.600 bits per heavy atom. The molecule has 0 N–H and O–H groups in total. The first-order chi connectivity index (χ1) is 17.0. The van der Waals surface area contributed by atoms with E-state index in [0.717, 1.165) is 0 Å². The van der Waals surface area contributed by atoms with Gasteiger partial charge < -0.3 is 4.57 Å². The lowest BCUT2D eigenvalue weighted by Crippen LogP contribution is -2.14. The monoisotopic (exact) mass is 449 g/mol. The Hall–Kier alpha value is -4.10. The van der Waals surface area contributed by atoms with Gasteiger partial charge in [0, 0.05) is 27.4 Å². The zero-order valence-corrected chi connectivity index (χ0v) is 20.3. The van der Waals surface area contributed by atoms with Crippen LogP contribution < -0.4 is 0 Å². The van der Waals surface area contributed by atoms with Gasteiger partial charge in [-0.2, -0.15) is 0 Å². The molecule has 0 unspecified atom stereocenters. The molecule has 168 valence electrons. The van der Waals surface area contributed by atoms with E-state index in [4.69, 9.17) is 0 Å². The lowest BCUT2D eigenvalue weighted by Gasteiger charge is -2.21. The van der Waals surface area contributed by atoms with Crippen LogP contribution in [-0.2, 0) is 5.41 Å². The van der Waals surface area contributed by atoms with E-state index in [-0.39, 0.29) is 5.41 Å².